The summed E-state index contributed by atoms with van der Waals surface area (Å²) in [6, 6.07) is 11.8. The van der Waals surface area contributed by atoms with Crippen molar-refractivity contribution in [3.8, 4) is 11.1 Å². The highest BCUT2D eigenvalue weighted by molar-refractivity contribution is 6.27. The van der Waals surface area contributed by atoms with Gasteiger partial charge in [0.1, 0.15) is 5.76 Å². The summed E-state index contributed by atoms with van der Waals surface area (Å²) in [5.41, 5.74) is 7.60. The van der Waals surface area contributed by atoms with Crippen molar-refractivity contribution in [2.45, 2.75) is 25.6 Å². The van der Waals surface area contributed by atoms with Crippen molar-refractivity contribution in [3.63, 3.8) is 0 Å². The predicted molar refractivity (Wildman–Crippen MR) is 114 cm³/mol. The largest absolute Gasteiger partial charge is 0.460 e. The topological polar surface area (TPSA) is 72.8 Å². The molecule has 2 atom stereocenters. The number of carbonyl (C=O) groups is 2. The van der Waals surface area contributed by atoms with E-state index in [0.717, 1.165) is 44.2 Å². The maximum atomic E-state index is 12.4. The smallest absolute Gasteiger partial charge is 0.346 e. The molecule has 5 heteroatoms. The van der Waals surface area contributed by atoms with E-state index in [1.165, 1.54) is 0 Å². The molecule has 31 heavy (non-hydrogen) atoms. The minimum Gasteiger partial charge on any atom is -0.460 e. The Kier molecular flexibility index (Phi) is 3.02. The molecule has 0 saturated heterocycles. The van der Waals surface area contributed by atoms with Gasteiger partial charge in [0.05, 0.1) is 11.1 Å². The fourth-order valence-corrected chi connectivity index (χ4v) is 5.74. The second kappa shape index (κ2) is 5.50. The molecule has 3 aromatic carbocycles. The molecule has 0 aromatic heterocycles. The van der Waals surface area contributed by atoms with Crippen molar-refractivity contribution in [1.82, 2.24) is 0 Å². The molecule has 3 aromatic rings. The van der Waals surface area contributed by atoms with Crippen LogP contribution < -0.4 is 0 Å². The van der Waals surface area contributed by atoms with Crippen molar-refractivity contribution in [2.24, 2.45) is 0 Å². The van der Waals surface area contributed by atoms with E-state index < -0.39 is 18.2 Å². The van der Waals surface area contributed by atoms with Gasteiger partial charge in [-0.05, 0) is 59.2 Å². The second-order valence-corrected chi connectivity index (χ2v) is 8.31. The van der Waals surface area contributed by atoms with Crippen LogP contribution in [0.5, 0.6) is 0 Å². The predicted octanol–water partition coefficient (Wildman–Crippen LogP) is 4.82. The van der Waals surface area contributed by atoms with Gasteiger partial charge in [0, 0.05) is 28.0 Å². The Morgan fingerprint density at radius 2 is 1.61 bits per heavy atom. The number of aliphatic hydroxyl groups excluding tert-OH is 1. The van der Waals surface area contributed by atoms with Crippen LogP contribution in [0.1, 0.15) is 63.7 Å². The molecular formula is C26H16O5. The van der Waals surface area contributed by atoms with Crippen LogP contribution in [0.25, 0.3) is 33.2 Å². The second-order valence-electron chi connectivity index (χ2n) is 8.31. The molecular weight excluding hydrogens is 392 g/mol. The highest BCUT2D eigenvalue weighted by Gasteiger charge is 2.41. The van der Waals surface area contributed by atoms with Gasteiger partial charge >= 0.3 is 11.9 Å². The zero-order valence-electron chi connectivity index (χ0n) is 16.6. The van der Waals surface area contributed by atoms with Gasteiger partial charge < -0.3 is 14.6 Å². The highest BCUT2D eigenvalue weighted by Crippen LogP contribution is 2.55. The van der Waals surface area contributed by atoms with Gasteiger partial charge in [-0.2, -0.15) is 0 Å². The summed E-state index contributed by atoms with van der Waals surface area (Å²) in [6.07, 6.45) is 3.40. The van der Waals surface area contributed by atoms with Crippen LogP contribution in [-0.2, 0) is 14.3 Å². The zero-order chi connectivity index (χ0) is 21.0. The van der Waals surface area contributed by atoms with Crippen molar-refractivity contribution >= 4 is 34.0 Å². The molecule has 2 aliphatic heterocycles. The standard InChI is InChI=1S/C26H16O5/c1-2-19-15-7-3-11-13-5-9-17-23-18(26(29)31-25(17)28)10-6-14(21(13)23)12-4-8-16(24(27)30-19)22(15)20(11)12/h2-5,7-10,14,24,27H,6H2,1H3/b19-2-. The first-order valence-corrected chi connectivity index (χ1v) is 10.3. The molecule has 2 aliphatic carbocycles. The van der Waals surface area contributed by atoms with Gasteiger partial charge in [0.15, 0.2) is 0 Å². The molecule has 0 spiro atoms. The lowest BCUT2D eigenvalue weighted by atomic mass is 9.68. The Morgan fingerprint density at radius 1 is 0.903 bits per heavy atom. The molecule has 0 bridgehead atoms. The average Bonchev–Trinajstić information content (AvgIpc) is 2.79. The van der Waals surface area contributed by atoms with E-state index in [1.54, 1.807) is 6.07 Å². The van der Waals surface area contributed by atoms with Gasteiger partial charge in [-0.1, -0.05) is 30.3 Å². The Morgan fingerprint density at radius 3 is 2.45 bits per heavy atom. The summed E-state index contributed by atoms with van der Waals surface area (Å²) < 4.78 is 10.7. The van der Waals surface area contributed by atoms with Crippen molar-refractivity contribution in [2.75, 3.05) is 0 Å². The molecule has 5 nitrogen and oxygen atoms in total. The van der Waals surface area contributed by atoms with Gasteiger partial charge in [-0.25, -0.2) is 9.59 Å². The Labute approximate surface area is 177 Å². The summed E-state index contributed by atoms with van der Waals surface area (Å²) in [7, 11) is 0. The van der Waals surface area contributed by atoms with Gasteiger partial charge in [-0.3, -0.25) is 0 Å². The lowest BCUT2D eigenvalue weighted by Gasteiger charge is -2.37. The van der Waals surface area contributed by atoms with Crippen LogP contribution in [0.15, 0.2) is 48.6 Å². The van der Waals surface area contributed by atoms with Gasteiger partial charge in [-0.15, -0.1) is 0 Å². The monoisotopic (exact) mass is 408 g/mol. The van der Waals surface area contributed by atoms with Crippen molar-refractivity contribution in [3.05, 3.63) is 81.9 Å². The first-order valence-electron chi connectivity index (χ1n) is 10.3. The van der Waals surface area contributed by atoms with Crippen LogP contribution in [0, 0.1) is 0 Å². The fourth-order valence-electron chi connectivity index (χ4n) is 5.74. The van der Waals surface area contributed by atoms with E-state index in [2.05, 4.69) is 6.07 Å². The van der Waals surface area contributed by atoms with E-state index >= 15 is 0 Å². The lowest BCUT2D eigenvalue weighted by Crippen LogP contribution is -2.27. The molecule has 4 aliphatic rings. The number of esters is 2. The zero-order valence-corrected chi connectivity index (χ0v) is 16.6. The summed E-state index contributed by atoms with van der Waals surface area (Å²) in [5, 5.41) is 12.7. The Hall–Kier alpha value is -3.70. The number of fused-ring (bicyclic) bond motifs is 2. The minimum absolute atomic E-state index is 0.0262. The molecule has 2 unspecified atom stereocenters. The number of aliphatic hydroxyl groups is 1. The fraction of sp³-hybridized carbons (Fsp3) is 0.154. The maximum Gasteiger partial charge on any atom is 0.346 e. The molecule has 0 amide bonds. The molecule has 0 radical (unpaired) electrons. The van der Waals surface area contributed by atoms with Crippen LogP contribution in [-0.4, -0.2) is 17.0 Å². The molecule has 0 fully saturated rings. The number of allylic oxidation sites excluding steroid dienone is 2. The highest BCUT2D eigenvalue weighted by atomic mass is 16.6. The molecule has 0 saturated carbocycles. The summed E-state index contributed by atoms with van der Waals surface area (Å²) in [5.74, 6) is -0.467. The first kappa shape index (κ1) is 17.0. The normalized spacial score (nSPS) is 23.3. The molecule has 150 valence electrons. The van der Waals surface area contributed by atoms with Crippen LogP contribution in [0.4, 0.5) is 0 Å². The average molecular weight is 408 g/mol. The number of ether oxygens (including phenoxy) is 2. The van der Waals surface area contributed by atoms with E-state index in [-0.39, 0.29) is 5.92 Å². The van der Waals surface area contributed by atoms with Gasteiger partial charge in [0.25, 0.3) is 0 Å². The molecule has 7 rings (SSSR count). The number of cyclic esters (lactones) is 2. The molecule has 2 heterocycles. The van der Waals surface area contributed by atoms with E-state index in [9.17, 15) is 14.7 Å². The third-order valence-electron chi connectivity index (χ3n) is 6.97. The van der Waals surface area contributed by atoms with Crippen LogP contribution in [0.3, 0.4) is 0 Å². The summed E-state index contributed by atoms with van der Waals surface area (Å²) in [4.78, 5) is 24.8. The summed E-state index contributed by atoms with van der Waals surface area (Å²) in [6.45, 7) is 1.90. The Bertz CT molecular complexity index is 1470. The number of carbonyl (C=O) groups excluding carboxylic acids is 2. The van der Waals surface area contributed by atoms with Crippen molar-refractivity contribution < 1.29 is 24.2 Å². The number of benzene rings is 3. The first-order chi connectivity index (χ1) is 15.1. The van der Waals surface area contributed by atoms with E-state index in [1.807, 2.05) is 43.3 Å². The van der Waals surface area contributed by atoms with Crippen LogP contribution in [0.2, 0.25) is 0 Å². The lowest BCUT2D eigenvalue weighted by molar-refractivity contribution is -0.131. The van der Waals surface area contributed by atoms with Crippen LogP contribution >= 0.6 is 0 Å². The van der Waals surface area contributed by atoms with E-state index in [0.29, 0.717) is 28.9 Å². The third-order valence-corrected chi connectivity index (χ3v) is 6.97. The molecule has 1 N–H and O–H groups in total. The number of rotatable bonds is 0. The van der Waals surface area contributed by atoms with Gasteiger partial charge in [0.2, 0.25) is 6.29 Å². The third kappa shape index (κ3) is 1.90. The number of hydrogen-bond acceptors (Lipinski definition) is 5. The number of hydrogen-bond donors (Lipinski definition) is 1. The van der Waals surface area contributed by atoms with E-state index in [4.69, 9.17) is 9.47 Å². The SMILES string of the molecule is C/C=C1\OC(O)c2ccc3c4c(ccc1c24)-c1ccc2c4c1C3CC=C4C(=O)OC2=O. The quantitative estimate of drug-likeness (QED) is 0.427. The summed E-state index contributed by atoms with van der Waals surface area (Å²) >= 11 is 0. The maximum absolute atomic E-state index is 12.4. The van der Waals surface area contributed by atoms with Crippen molar-refractivity contribution in [1.29, 1.82) is 0 Å². The Balaban J connectivity index is 1.64. The minimum atomic E-state index is -1.02.